The van der Waals surface area contributed by atoms with E-state index in [9.17, 15) is 4.79 Å². The van der Waals surface area contributed by atoms with Crippen molar-refractivity contribution in [3.05, 3.63) is 96.1 Å². The van der Waals surface area contributed by atoms with E-state index in [1.165, 1.54) is 0 Å². The summed E-state index contributed by atoms with van der Waals surface area (Å²) in [5.74, 6) is 1.55. The number of benzene rings is 3. The Morgan fingerprint density at radius 1 is 0.867 bits per heavy atom. The van der Waals surface area contributed by atoms with Gasteiger partial charge in [0.25, 0.3) is 5.91 Å². The minimum atomic E-state index is 0.00512. The number of carbonyl (C=O) groups excluding carboxylic acids is 1. The molecule has 1 aromatic heterocycles. The van der Waals surface area contributed by atoms with Gasteiger partial charge in [0.05, 0.1) is 0 Å². The van der Waals surface area contributed by atoms with Crippen LogP contribution in [0.3, 0.4) is 0 Å². The van der Waals surface area contributed by atoms with E-state index in [4.69, 9.17) is 0 Å². The monoisotopic (exact) mass is 414 g/mol. The second-order valence-electron chi connectivity index (χ2n) is 7.03. The van der Waals surface area contributed by atoms with Gasteiger partial charge >= 0.3 is 0 Å². The molecule has 0 bridgehead atoms. The maximum Gasteiger partial charge on any atom is 0.253 e. The number of amides is 1. The molecular formula is C24H22N4OS. The molecule has 150 valence electrons. The van der Waals surface area contributed by atoms with E-state index in [0.717, 1.165) is 33.5 Å². The zero-order valence-corrected chi connectivity index (χ0v) is 17.7. The van der Waals surface area contributed by atoms with Gasteiger partial charge in [-0.1, -0.05) is 72.4 Å². The van der Waals surface area contributed by atoms with Gasteiger partial charge in [0.1, 0.15) is 0 Å². The fourth-order valence-corrected chi connectivity index (χ4v) is 4.00. The second kappa shape index (κ2) is 8.97. The smallest absolute Gasteiger partial charge is 0.253 e. The van der Waals surface area contributed by atoms with Gasteiger partial charge in [-0.3, -0.25) is 9.36 Å². The Bertz CT molecular complexity index is 1120. The number of nitrogens with zero attached hydrogens (tertiary/aromatic N) is 4. The van der Waals surface area contributed by atoms with Crippen LogP contribution in [0.2, 0.25) is 0 Å². The summed E-state index contributed by atoms with van der Waals surface area (Å²) < 4.78 is 2.09. The number of carbonyl (C=O) groups is 1. The molecule has 4 rings (SSSR count). The average molecular weight is 415 g/mol. The summed E-state index contributed by atoms with van der Waals surface area (Å²) >= 11 is 1.63. The van der Waals surface area contributed by atoms with Crippen LogP contribution >= 0.6 is 11.8 Å². The highest BCUT2D eigenvalue weighted by molar-refractivity contribution is 7.98. The average Bonchev–Trinajstić information content (AvgIpc) is 3.22. The molecule has 4 aromatic rings. The summed E-state index contributed by atoms with van der Waals surface area (Å²) in [4.78, 5) is 13.7. The van der Waals surface area contributed by atoms with Crippen LogP contribution in [-0.2, 0) is 5.75 Å². The van der Waals surface area contributed by atoms with Gasteiger partial charge in [0.15, 0.2) is 11.0 Å². The molecular weight excluding hydrogens is 392 g/mol. The van der Waals surface area contributed by atoms with Crippen LogP contribution in [0.15, 0.2) is 90.1 Å². The van der Waals surface area contributed by atoms with Crippen LogP contribution < -0.4 is 0 Å². The molecule has 1 amide bonds. The molecule has 0 atom stereocenters. The number of hydrogen-bond acceptors (Lipinski definition) is 4. The van der Waals surface area contributed by atoms with Gasteiger partial charge in [-0.25, -0.2) is 0 Å². The van der Waals surface area contributed by atoms with Gasteiger partial charge in [-0.15, -0.1) is 10.2 Å². The molecule has 5 nitrogen and oxygen atoms in total. The Labute approximate surface area is 180 Å². The van der Waals surface area contributed by atoms with Crippen molar-refractivity contribution < 1.29 is 4.79 Å². The largest absolute Gasteiger partial charge is 0.345 e. The summed E-state index contributed by atoms with van der Waals surface area (Å²) in [6, 6.07) is 27.9. The quantitative estimate of drug-likeness (QED) is 0.420. The first-order valence-electron chi connectivity index (χ1n) is 9.63. The summed E-state index contributed by atoms with van der Waals surface area (Å²) in [7, 11) is 3.51. The van der Waals surface area contributed by atoms with E-state index in [-0.39, 0.29) is 5.91 Å². The molecule has 0 radical (unpaired) electrons. The van der Waals surface area contributed by atoms with Crippen molar-refractivity contribution >= 4 is 17.7 Å². The Morgan fingerprint density at radius 2 is 1.50 bits per heavy atom. The van der Waals surface area contributed by atoms with Gasteiger partial charge in [0.2, 0.25) is 0 Å². The third-order valence-electron chi connectivity index (χ3n) is 4.65. The van der Waals surface area contributed by atoms with Crippen LogP contribution in [0.5, 0.6) is 0 Å². The van der Waals surface area contributed by atoms with E-state index in [1.54, 1.807) is 30.8 Å². The summed E-state index contributed by atoms with van der Waals surface area (Å²) in [6.45, 7) is 0. The molecule has 1 heterocycles. The highest BCUT2D eigenvalue weighted by Gasteiger charge is 2.16. The fraction of sp³-hybridized carbons (Fsp3) is 0.125. The number of hydrogen-bond donors (Lipinski definition) is 0. The lowest BCUT2D eigenvalue weighted by atomic mass is 10.1. The van der Waals surface area contributed by atoms with E-state index in [0.29, 0.717) is 5.56 Å². The van der Waals surface area contributed by atoms with Crippen molar-refractivity contribution in [1.29, 1.82) is 0 Å². The predicted octanol–water partition coefficient (Wildman–Crippen LogP) is 4.93. The highest BCUT2D eigenvalue weighted by Crippen LogP contribution is 2.29. The topological polar surface area (TPSA) is 51.0 Å². The molecule has 0 spiro atoms. The molecule has 6 heteroatoms. The van der Waals surface area contributed by atoms with Crippen molar-refractivity contribution in [3.63, 3.8) is 0 Å². The maximum absolute atomic E-state index is 12.1. The van der Waals surface area contributed by atoms with Crippen molar-refractivity contribution in [2.45, 2.75) is 10.9 Å². The summed E-state index contributed by atoms with van der Waals surface area (Å²) in [6.07, 6.45) is 0. The lowest BCUT2D eigenvalue weighted by Crippen LogP contribution is -2.21. The maximum atomic E-state index is 12.1. The standard InChI is InChI=1S/C24H22N4OS/c1-27(2)23(29)20-15-13-18(14-16-20)17-30-24-26-25-22(19-9-5-3-6-10-19)28(24)21-11-7-4-8-12-21/h3-16H,17H2,1-2H3. The van der Waals surface area contributed by atoms with Crippen LogP contribution in [0.4, 0.5) is 0 Å². The first-order chi connectivity index (χ1) is 14.6. The van der Waals surface area contributed by atoms with Gasteiger partial charge in [0, 0.05) is 36.7 Å². The van der Waals surface area contributed by atoms with E-state index in [2.05, 4.69) is 26.9 Å². The summed E-state index contributed by atoms with van der Waals surface area (Å²) in [5, 5.41) is 9.77. The van der Waals surface area contributed by atoms with Crippen molar-refractivity contribution in [2.24, 2.45) is 0 Å². The number of para-hydroxylation sites is 1. The zero-order chi connectivity index (χ0) is 20.9. The van der Waals surface area contributed by atoms with Gasteiger partial charge in [-0.05, 0) is 29.8 Å². The Kier molecular flexibility index (Phi) is 5.95. The van der Waals surface area contributed by atoms with Gasteiger partial charge in [-0.2, -0.15) is 0 Å². The fourth-order valence-electron chi connectivity index (χ4n) is 3.10. The first kappa shape index (κ1) is 19.9. The van der Waals surface area contributed by atoms with Crippen LogP contribution in [0.25, 0.3) is 17.1 Å². The van der Waals surface area contributed by atoms with E-state index < -0.39 is 0 Å². The number of aromatic nitrogens is 3. The number of rotatable bonds is 6. The molecule has 30 heavy (non-hydrogen) atoms. The molecule has 0 aliphatic rings. The van der Waals surface area contributed by atoms with Crippen molar-refractivity contribution in [3.8, 4) is 17.1 Å². The lowest BCUT2D eigenvalue weighted by molar-refractivity contribution is 0.0827. The Balaban J connectivity index is 1.60. The molecule has 0 unspecified atom stereocenters. The molecule has 0 N–H and O–H groups in total. The van der Waals surface area contributed by atoms with Crippen molar-refractivity contribution in [1.82, 2.24) is 19.7 Å². The number of thioether (sulfide) groups is 1. The third-order valence-corrected chi connectivity index (χ3v) is 5.65. The molecule has 0 saturated carbocycles. The minimum absolute atomic E-state index is 0.00512. The van der Waals surface area contributed by atoms with Crippen LogP contribution in [0, 0.1) is 0 Å². The predicted molar refractivity (Wildman–Crippen MR) is 121 cm³/mol. The third kappa shape index (κ3) is 4.28. The second-order valence-corrected chi connectivity index (χ2v) is 7.97. The minimum Gasteiger partial charge on any atom is -0.345 e. The van der Waals surface area contributed by atoms with Gasteiger partial charge < -0.3 is 4.90 Å². The Morgan fingerprint density at radius 3 is 2.13 bits per heavy atom. The molecule has 3 aromatic carbocycles. The van der Waals surface area contributed by atoms with E-state index in [1.807, 2.05) is 72.8 Å². The summed E-state index contributed by atoms with van der Waals surface area (Å²) in [5.41, 5.74) is 3.86. The zero-order valence-electron chi connectivity index (χ0n) is 16.9. The van der Waals surface area contributed by atoms with Crippen LogP contribution in [-0.4, -0.2) is 39.7 Å². The first-order valence-corrected chi connectivity index (χ1v) is 10.6. The molecule has 0 fully saturated rings. The van der Waals surface area contributed by atoms with Crippen LogP contribution in [0.1, 0.15) is 15.9 Å². The Hall–Kier alpha value is -3.38. The molecule has 0 aliphatic carbocycles. The van der Waals surface area contributed by atoms with Crippen molar-refractivity contribution in [2.75, 3.05) is 14.1 Å². The highest BCUT2D eigenvalue weighted by atomic mass is 32.2. The van der Waals surface area contributed by atoms with E-state index >= 15 is 0 Å². The SMILES string of the molecule is CN(C)C(=O)c1ccc(CSc2nnc(-c3ccccc3)n2-c2ccccc2)cc1. The lowest BCUT2D eigenvalue weighted by Gasteiger charge is -2.11. The molecule has 0 saturated heterocycles. The molecule has 0 aliphatic heterocycles. The normalized spacial score (nSPS) is 10.7.